The Morgan fingerprint density at radius 1 is 0.958 bits per heavy atom. The van der Waals surface area contributed by atoms with Gasteiger partial charge in [0.25, 0.3) is 0 Å². The van der Waals surface area contributed by atoms with Gasteiger partial charge in [0.1, 0.15) is 0 Å². The molecule has 2 aromatic carbocycles. The van der Waals surface area contributed by atoms with E-state index in [0.29, 0.717) is 18.3 Å². The molecular formula is C20H23N3O. The van der Waals surface area contributed by atoms with E-state index in [9.17, 15) is 0 Å². The van der Waals surface area contributed by atoms with Crippen LogP contribution in [0.25, 0.3) is 11.5 Å². The lowest BCUT2D eigenvalue weighted by molar-refractivity contribution is 0.283. The van der Waals surface area contributed by atoms with Crippen molar-refractivity contribution in [2.45, 2.75) is 33.4 Å². The standard InChI is InChI=1S/C20H23N3O/c1-4-16-8-10-17(11-9-16)13-23(3)14-19-21-22-20(24-19)18-7-5-6-15(2)12-18/h5-12H,4,13-14H2,1-3H3. The van der Waals surface area contributed by atoms with Crippen LogP contribution in [0.2, 0.25) is 0 Å². The van der Waals surface area contributed by atoms with Crippen molar-refractivity contribution in [3.63, 3.8) is 0 Å². The molecule has 4 nitrogen and oxygen atoms in total. The van der Waals surface area contributed by atoms with Crippen LogP contribution < -0.4 is 0 Å². The largest absolute Gasteiger partial charge is 0.419 e. The molecule has 0 N–H and O–H groups in total. The Morgan fingerprint density at radius 3 is 2.42 bits per heavy atom. The zero-order valence-corrected chi connectivity index (χ0v) is 14.5. The summed E-state index contributed by atoms with van der Waals surface area (Å²) in [6.07, 6.45) is 1.07. The molecule has 0 saturated carbocycles. The zero-order valence-electron chi connectivity index (χ0n) is 14.5. The highest BCUT2D eigenvalue weighted by Crippen LogP contribution is 2.19. The summed E-state index contributed by atoms with van der Waals surface area (Å²) in [4.78, 5) is 2.18. The number of hydrogen-bond acceptors (Lipinski definition) is 4. The lowest BCUT2D eigenvalue weighted by Gasteiger charge is -2.14. The highest BCUT2D eigenvalue weighted by atomic mass is 16.4. The summed E-state index contributed by atoms with van der Waals surface area (Å²) in [6.45, 7) is 5.71. The molecule has 1 aromatic heterocycles. The van der Waals surface area contributed by atoms with Gasteiger partial charge < -0.3 is 4.42 Å². The van der Waals surface area contributed by atoms with Crippen molar-refractivity contribution in [1.29, 1.82) is 0 Å². The average Bonchev–Trinajstić information content (AvgIpc) is 3.04. The molecule has 0 aliphatic heterocycles. The van der Waals surface area contributed by atoms with Gasteiger partial charge in [-0.25, -0.2) is 0 Å². The summed E-state index contributed by atoms with van der Waals surface area (Å²) in [6, 6.07) is 16.8. The van der Waals surface area contributed by atoms with E-state index in [1.165, 1.54) is 16.7 Å². The van der Waals surface area contributed by atoms with E-state index >= 15 is 0 Å². The molecule has 0 aliphatic carbocycles. The van der Waals surface area contributed by atoms with E-state index in [-0.39, 0.29) is 0 Å². The van der Waals surface area contributed by atoms with E-state index in [0.717, 1.165) is 18.5 Å². The zero-order chi connectivity index (χ0) is 16.9. The van der Waals surface area contributed by atoms with Crippen molar-refractivity contribution in [2.24, 2.45) is 0 Å². The summed E-state index contributed by atoms with van der Waals surface area (Å²) in [5, 5.41) is 8.34. The van der Waals surface area contributed by atoms with Gasteiger partial charge in [-0.3, -0.25) is 4.90 Å². The summed E-state index contributed by atoms with van der Waals surface area (Å²) in [5.41, 5.74) is 4.79. The maximum atomic E-state index is 5.81. The summed E-state index contributed by atoms with van der Waals surface area (Å²) in [7, 11) is 2.06. The number of benzene rings is 2. The predicted octanol–water partition coefficient (Wildman–Crippen LogP) is 4.24. The first-order valence-electron chi connectivity index (χ1n) is 8.30. The Morgan fingerprint density at radius 2 is 1.71 bits per heavy atom. The van der Waals surface area contributed by atoms with Gasteiger partial charge in [-0.05, 0) is 43.7 Å². The molecule has 0 radical (unpaired) electrons. The summed E-state index contributed by atoms with van der Waals surface area (Å²) >= 11 is 0. The van der Waals surface area contributed by atoms with Gasteiger partial charge in [-0.15, -0.1) is 10.2 Å². The molecular weight excluding hydrogens is 298 g/mol. The van der Waals surface area contributed by atoms with Crippen molar-refractivity contribution >= 4 is 0 Å². The Labute approximate surface area is 143 Å². The second kappa shape index (κ2) is 7.41. The van der Waals surface area contributed by atoms with Crippen LogP contribution in [0.4, 0.5) is 0 Å². The monoisotopic (exact) mass is 321 g/mol. The SMILES string of the molecule is CCc1ccc(CN(C)Cc2nnc(-c3cccc(C)c3)o2)cc1. The first kappa shape index (κ1) is 16.4. The van der Waals surface area contributed by atoms with Crippen molar-refractivity contribution in [2.75, 3.05) is 7.05 Å². The quantitative estimate of drug-likeness (QED) is 0.681. The second-order valence-electron chi connectivity index (χ2n) is 6.21. The number of aryl methyl sites for hydroxylation is 2. The summed E-state index contributed by atoms with van der Waals surface area (Å²) < 4.78 is 5.81. The second-order valence-corrected chi connectivity index (χ2v) is 6.21. The maximum Gasteiger partial charge on any atom is 0.247 e. The fraction of sp³-hybridized carbons (Fsp3) is 0.300. The van der Waals surface area contributed by atoms with Crippen LogP contribution in [0.15, 0.2) is 52.9 Å². The van der Waals surface area contributed by atoms with Gasteiger partial charge in [0.2, 0.25) is 11.8 Å². The first-order chi connectivity index (χ1) is 11.6. The Bertz CT molecular complexity index is 793. The summed E-state index contributed by atoms with van der Waals surface area (Å²) in [5.74, 6) is 1.22. The molecule has 24 heavy (non-hydrogen) atoms. The number of nitrogens with zero attached hydrogens (tertiary/aromatic N) is 3. The third-order valence-electron chi connectivity index (χ3n) is 4.02. The Hall–Kier alpha value is -2.46. The van der Waals surface area contributed by atoms with E-state index in [2.05, 4.69) is 72.4 Å². The van der Waals surface area contributed by atoms with Crippen molar-refractivity contribution in [1.82, 2.24) is 15.1 Å². The molecule has 3 aromatic rings. The fourth-order valence-corrected chi connectivity index (χ4v) is 2.69. The molecule has 0 spiro atoms. The molecule has 0 aliphatic rings. The van der Waals surface area contributed by atoms with E-state index in [1.54, 1.807) is 0 Å². The van der Waals surface area contributed by atoms with Crippen molar-refractivity contribution in [3.8, 4) is 11.5 Å². The molecule has 124 valence electrons. The van der Waals surface area contributed by atoms with Crippen LogP contribution in [-0.4, -0.2) is 22.1 Å². The number of aromatic nitrogens is 2. The third-order valence-corrected chi connectivity index (χ3v) is 4.02. The van der Waals surface area contributed by atoms with Crippen LogP contribution in [0, 0.1) is 6.92 Å². The lowest BCUT2D eigenvalue weighted by Crippen LogP contribution is -2.17. The van der Waals surface area contributed by atoms with Crippen LogP contribution in [0.1, 0.15) is 29.5 Å². The molecule has 0 bridgehead atoms. The number of hydrogen-bond donors (Lipinski definition) is 0. The maximum absolute atomic E-state index is 5.81. The molecule has 3 rings (SSSR count). The molecule has 4 heteroatoms. The van der Waals surface area contributed by atoms with Crippen LogP contribution in [0.3, 0.4) is 0 Å². The Balaban J connectivity index is 1.63. The van der Waals surface area contributed by atoms with Crippen LogP contribution in [-0.2, 0) is 19.5 Å². The van der Waals surface area contributed by atoms with Crippen molar-refractivity contribution in [3.05, 3.63) is 71.1 Å². The molecule has 0 fully saturated rings. The third kappa shape index (κ3) is 4.09. The molecule has 0 atom stereocenters. The van der Waals surface area contributed by atoms with Crippen molar-refractivity contribution < 1.29 is 4.42 Å². The molecule has 0 amide bonds. The highest BCUT2D eigenvalue weighted by Gasteiger charge is 2.11. The van der Waals surface area contributed by atoms with Gasteiger partial charge in [-0.2, -0.15) is 0 Å². The van der Waals surface area contributed by atoms with Gasteiger partial charge >= 0.3 is 0 Å². The predicted molar refractivity (Wildman–Crippen MR) is 95.5 cm³/mol. The van der Waals surface area contributed by atoms with E-state index in [1.807, 2.05) is 12.1 Å². The van der Waals surface area contributed by atoms with Gasteiger partial charge in [0, 0.05) is 12.1 Å². The smallest absolute Gasteiger partial charge is 0.247 e. The normalized spacial score (nSPS) is 11.2. The highest BCUT2D eigenvalue weighted by molar-refractivity contribution is 5.53. The minimum absolute atomic E-state index is 0.578. The molecule has 1 heterocycles. The first-order valence-corrected chi connectivity index (χ1v) is 8.30. The molecule has 0 saturated heterocycles. The number of rotatable bonds is 6. The van der Waals surface area contributed by atoms with Crippen LogP contribution in [0.5, 0.6) is 0 Å². The molecule has 0 unspecified atom stereocenters. The fourth-order valence-electron chi connectivity index (χ4n) is 2.69. The lowest BCUT2D eigenvalue weighted by atomic mass is 10.1. The average molecular weight is 321 g/mol. The van der Waals surface area contributed by atoms with Gasteiger partial charge in [0.05, 0.1) is 6.54 Å². The minimum Gasteiger partial charge on any atom is -0.419 e. The van der Waals surface area contributed by atoms with Crippen LogP contribution >= 0.6 is 0 Å². The van der Waals surface area contributed by atoms with E-state index in [4.69, 9.17) is 4.42 Å². The Kier molecular flexibility index (Phi) is 5.06. The van der Waals surface area contributed by atoms with Gasteiger partial charge in [0.15, 0.2) is 0 Å². The minimum atomic E-state index is 0.578. The van der Waals surface area contributed by atoms with E-state index < -0.39 is 0 Å². The topological polar surface area (TPSA) is 42.2 Å². The van der Waals surface area contributed by atoms with Gasteiger partial charge in [-0.1, -0.05) is 48.9 Å².